The quantitative estimate of drug-likeness (QED) is 0.0472. The van der Waals surface area contributed by atoms with Gasteiger partial charge in [-0.05, 0) is 63.5 Å². The number of imidazole rings is 2. The number of nitrogens with zero attached hydrogens (tertiary/aromatic N) is 12. The first-order chi connectivity index (χ1) is 40.8. The summed E-state index contributed by atoms with van der Waals surface area (Å²) in [6, 6.07) is 25.6. The van der Waals surface area contributed by atoms with Gasteiger partial charge in [0.05, 0.1) is 74.1 Å². The Hall–Kier alpha value is -5.54. The SMILES string of the molecule is CC[C@H]1O[C@@H](n2cnc3c(OCCC#N)nc(NPC(C)=O)nc32)CC1O[P@@]1O[C@](C)(c2ccccc2)[C@@H]2CCCN21.CC[C@H]1O[C@@H](n2cnc3c(OCCC#N)nc(NPC(C)=O)nc32)CC1O[P@]1O[C@@](C)(c2ccccc2)[C@H]2CCCN21. The average molecular weight is 1220 g/mol. The number of benzene rings is 2. The third-order valence-electron chi connectivity index (χ3n) is 16.0. The van der Waals surface area contributed by atoms with E-state index in [4.69, 9.17) is 47.6 Å². The maximum atomic E-state index is 11.6. The lowest BCUT2D eigenvalue weighted by Gasteiger charge is -2.29. The Morgan fingerprint density at radius 3 is 1.46 bits per heavy atom. The van der Waals surface area contributed by atoms with Crippen molar-refractivity contribution < 1.29 is 46.6 Å². The fraction of sp³-hybridized carbons (Fsp3) is 0.536. The summed E-state index contributed by atoms with van der Waals surface area (Å²) in [5.41, 5.74) is 3.43. The van der Waals surface area contributed by atoms with Crippen LogP contribution in [0.15, 0.2) is 73.3 Å². The summed E-state index contributed by atoms with van der Waals surface area (Å²) < 4.78 is 60.3. The zero-order valence-electron chi connectivity index (χ0n) is 47.8. The molecule has 0 radical (unpaired) electrons. The van der Waals surface area contributed by atoms with E-state index in [1.165, 1.54) is 25.0 Å². The highest BCUT2D eigenvalue weighted by atomic mass is 31.2. The Morgan fingerprint density at radius 2 is 1.08 bits per heavy atom. The van der Waals surface area contributed by atoms with E-state index in [0.29, 0.717) is 35.2 Å². The lowest BCUT2D eigenvalue weighted by Crippen LogP contribution is -2.36. The summed E-state index contributed by atoms with van der Waals surface area (Å²) in [5, 5.41) is 23.9. The number of aromatic nitrogens is 8. The molecule has 2 N–H and O–H groups in total. The van der Waals surface area contributed by atoms with Crippen molar-refractivity contribution in [3.05, 3.63) is 84.4 Å². The lowest BCUT2D eigenvalue weighted by atomic mass is 9.87. The Balaban J connectivity index is 0.000000175. The van der Waals surface area contributed by atoms with Crippen molar-refractivity contribution >= 4 is 79.8 Å². The van der Waals surface area contributed by atoms with Crippen molar-refractivity contribution in [1.82, 2.24) is 48.4 Å². The van der Waals surface area contributed by atoms with E-state index < -0.39 is 28.3 Å². The summed E-state index contributed by atoms with van der Waals surface area (Å²) in [5.74, 6) is 1.02. The zero-order chi connectivity index (χ0) is 58.5. The third kappa shape index (κ3) is 12.5. The van der Waals surface area contributed by atoms with Crippen LogP contribution in [-0.4, -0.2) is 122 Å². The van der Waals surface area contributed by atoms with Crippen molar-refractivity contribution in [3.8, 4) is 23.9 Å². The summed E-state index contributed by atoms with van der Waals surface area (Å²) in [6.45, 7) is 13.8. The molecule has 6 fully saturated rings. The number of fused-ring (bicyclic) bond motifs is 4. The van der Waals surface area contributed by atoms with Crippen molar-refractivity contribution in [2.24, 2.45) is 0 Å². The highest BCUT2D eigenvalue weighted by Gasteiger charge is 2.58. The lowest BCUT2D eigenvalue weighted by molar-refractivity contribution is -0.110. The summed E-state index contributed by atoms with van der Waals surface area (Å²) in [6.07, 6.45) is 9.56. The molecule has 0 saturated carbocycles. The number of nitrogens with one attached hydrogen (secondary N) is 2. The molecule has 10 heterocycles. The predicted molar refractivity (Wildman–Crippen MR) is 318 cm³/mol. The van der Waals surface area contributed by atoms with Gasteiger partial charge in [-0.2, -0.15) is 30.5 Å². The van der Waals surface area contributed by atoms with Crippen LogP contribution in [0.4, 0.5) is 11.9 Å². The summed E-state index contributed by atoms with van der Waals surface area (Å²) >= 11 is 0. The largest absolute Gasteiger partial charge is 0.475 e. The van der Waals surface area contributed by atoms with E-state index in [9.17, 15) is 9.59 Å². The minimum Gasteiger partial charge on any atom is -0.475 e. The molecule has 6 aliphatic heterocycles. The molecule has 0 spiro atoms. The summed E-state index contributed by atoms with van der Waals surface area (Å²) in [4.78, 5) is 50.4. The van der Waals surface area contributed by atoms with E-state index >= 15 is 0 Å². The highest BCUT2D eigenvalue weighted by molar-refractivity contribution is 7.59. The minimum absolute atomic E-state index is 0.0243. The minimum atomic E-state index is -1.27. The van der Waals surface area contributed by atoms with Gasteiger partial charge in [0.1, 0.15) is 36.9 Å². The number of rotatable bonds is 22. The molecule has 6 saturated heterocycles. The van der Waals surface area contributed by atoms with Gasteiger partial charge in [0.15, 0.2) is 33.4 Å². The second-order valence-corrected chi connectivity index (χ2v) is 26.7. The van der Waals surface area contributed by atoms with Gasteiger partial charge in [-0.15, -0.1) is 0 Å². The Bertz CT molecular complexity index is 3160. The number of ether oxygens (including phenoxy) is 4. The Kier molecular flexibility index (Phi) is 19.1. The van der Waals surface area contributed by atoms with Crippen molar-refractivity contribution in [2.45, 2.75) is 166 Å². The monoisotopic (exact) mass is 1220 g/mol. The average Bonchev–Trinajstić information content (AvgIpc) is 3.23. The molecule has 6 aliphatic rings. The van der Waals surface area contributed by atoms with Crippen LogP contribution >= 0.6 is 34.5 Å². The van der Waals surface area contributed by atoms with Gasteiger partial charge >= 0.3 is 0 Å². The molecule has 14 atom stereocenters. The molecule has 0 bridgehead atoms. The molecule has 0 amide bonds. The molecule has 444 valence electrons. The van der Waals surface area contributed by atoms with Gasteiger partial charge in [0.25, 0.3) is 17.1 Å². The van der Waals surface area contributed by atoms with Gasteiger partial charge in [-0.1, -0.05) is 74.5 Å². The van der Waals surface area contributed by atoms with Crippen LogP contribution in [0.3, 0.4) is 0 Å². The molecule has 84 heavy (non-hydrogen) atoms. The zero-order valence-corrected chi connectivity index (χ0v) is 51.6. The number of anilines is 2. The molecule has 2 aromatic carbocycles. The number of hydrogen-bond acceptors (Lipinski definition) is 22. The van der Waals surface area contributed by atoms with Crippen LogP contribution in [0.25, 0.3) is 22.3 Å². The molecule has 4 aromatic heterocycles. The number of hydrogen-bond donors (Lipinski definition) is 2. The standard InChI is InChI=1S/2C28H35N7O5P2/c2*1-4-20-21(39-42-35-14-8-12-22(35)28(3,40-42)19-10-6-5-7-11-19)16-23(38-20)34-17-30-24-25(34)31-27(33-41-18(2)36)32-26(24)37-15-9-13-29/h2*5-7,10-11,17,20-23,41H,4,8-9,12,14-16H2,1-3H3,(H,31,32,33)/t20-,21?,22+,23-,28-,42+;20-,21?,22-,23-,28+,42-/m11/s1. The van der Waals surface area contributed by atoms with Crippen LogP contribution in [0.1, 0.15) is 129 Å². The molecule has 28 heteroatoms. The molecular weight excluding hydrogens is 1150 g/mol. The van der Waals surface area contributed by atoms with E-state index in [1.807, 2.05) is 21.3 Å². The topological polar surface area (TPSA) is 273 Å². The molecule has 24 nitrogen and oxygen atoms in total. The van der Waals surface area contributed by atoms with E-state index in [-0.39, 0.29) is 127 Å². The number of carbonyl (C=O) groups excluding carboxylic acids is 2. The second kappa shape index (κ2) is 26.6. The van der Waals surface area contributed by atoms with Gasteiger partial charge < -0.3 is 47.2 Å². The maximum Gasteiger partial charge on any atom is 0.260 e. The molecule has 6 aromatic rings. The van der Waals surface area contributed by atoms with Gasteiger partial charge in [0, 0.05) is 57.2 Å². The molecular formula is C56H70N14O10P4. The van der Waals surface area contributed by atoms with E-state index in [0.717, 1.165) is 51.6 Å². The Labute approximate surface area is 494 Å². The maximum absolute atomic E-state index is 11.6. The first-order valence-electron chi connectivity index (χ1n) is 28.6. The van der Waals surface area contributed by atoms with Crippen molar-refractivity contribution in [2.75, 3.05) is 36.5 Å². The fourth-order valence-corrected chi connectivity index (χ4v) is 17.0. The van der Waals surface area contributed by atoms with Gasteiger partial charge in [0.2, 0.25) is 23.7 Å². The van der Waals surface area contributed by atoms with Crippen LogP contribution < -0.4 is 19.6 Å². The van der Waals surface area contributed by atoms with E-state index in [1.54, 1.807) is 12.7 Å². The molecule has 0 aliphatic carbocycles. The smallest absolute Gasteiger partial charge is 0.260 e. The van der Waals surface area contributed by atoms with Crippen LogP contribution in [0, 0.1) is 22.7 Å². The second-order valence-electron chi connectivity index (χ2n) is 21.6. The predicted octanol–water partition coefficient (Wildman–Crippen LogP) is 10.8. The highest BCUT2D eigenvalue weighted by Crippen LogP contribution is 2.65. The van der Waals surface area contributed by atoms with E-state index in [2.05, 4.69) is 138 Å². The van der Waals surface area contributed by atoms with Crippen LogP contribution in [0.2, 0.25) is 0 Å². The van der Waals surface area contributed by atoms with Crippen LogP contribution in [-0.2, 0) is 48.4 Å². The molecule has 4 unspecified atom stereocenters. The van der Waals surface area contributed by atoms with Crippen molar-refractivity contribution in [1.29, 1.82) is 10.5 Å². The first kappa shape index (κ1) is 60.2. The number of carbonyl (C=O) groups is 2. The van der Waals surface area contributed by atoms with Gasteiger partial charge in [-0.3, -0.25) is 18.7 Å². The normalized spacial score (nSPS) is 29.3. The fourth-order valence-electron chi connectivity index (χ4n) is 11.9. The molecule has 12 rings (SSSR count). The summed E-state index contributed by atoms with van der Waals surface area (Å²) in [7, 11) is -2.91. The van der Waals surface area contributed by atoms with Crippen LogP contribution in [0.5, 0.6) is 11.8 Å². The Morgan fingerprint density at radius 1 is 0.667 bits per heavy atom. The van der Waals surface area contributed by atoms with Crippen molar-refractivity contribution in [3.63, 3.8) is 0 Å². The first-order valence-corrected chi connectivity index (χ1v) is 32.9. The number of nitriles is 2. The third-order valence-corrected chi connectivity index (χ3v) is 21.2. The van der Waals surface area contributed by atoms with Gasteiger partial charge in [-0.25, -0.2) is 19.3 Å².